The van der Waals surface area contributed by atoms with E-state index in [4.69, 9.17) is 11.6 Å². The van der Waals surface area contributed by atoms with Crippen LogP contribution in [0.1, 0.15) is 25.8 Å². The van der Waals surface area contributed by atoms with Gasteiger partial charge >= 0.3 is 0 Å². The van der Waals surface area contributed by atoms with Gasteiger partial charge in [0.05, 0.1) is 24.1 Å². The van der Waals surface area contributed by atoms with Crippen molar-refractivity contribution in [2.24, 2.45) is 0 Å². The van der Waals surface area contributed by atoms with Gasteiger partial charge in [-0.1, -0.05) is 24.6 Å². The molecule has 2 aliphatic heterocycles. The van der Waals surface area contributed by atoms with Crippen LogP contribution in [0.3, 0.4) is 0 Å². The quantitative estimate of drug-likeness (QED) is 0.818. The molecule has 0 radical (unpaired) electrons. The van der Waals surface area contributed by atoms with Gasteiger partial charge in [0, 0.05) is 22.8 Å². The number of halogens is 1. The highest BCUT2D eigenvalue weighted by Gasteiger charge is 2.50. The summed E-state index contributed by atoms with van der Waals surface area (Å²) in [5, 5.41) is 0.585. The van der Waals surface area contributed by atoms with Gasteiger partial charge in [-0.3, -0.25) is 9.69 Å². The molecule has 0 bridgehead atoms. The van der Waals surface area contributed by atoms with Crippen molar-refractivity contribution in [1.29, 1.82) is 0 Å². The Balaban J connectivity index is 2.02. The molecule has 0 spiro atoms. The van der Waals surface area contributed by atoms with Crippen LogP contribution < -0.4 is 4.90 Å². The molecule has 3 atom stereocenters. The van der Waals surface area contributed by atoms with Gasteiger partial charge in [0.15, 0.2) is 9.84 Å². The molecule has 132 valence electrons. The van der Waals surface area contributed by atoms with E-state index < -0.39 is 9.84 Å². The van der Waals surface area contributed by atoms with E-state index in [1.54, 1.807) is 11.0 Å². The third kappa shape index (κ3) is 3.07. The highest BCUT2D eigenvalue weighted by Crippen LogP contribution is 2.34. The second-order valence-corrected chi connectivity index (χ2v) is 9.40. The van der Waals surface area contributed by atoms with Crippen LogP contribution in [0.25, 0.3) is 0 Å². The van der Waals surface area contributed by atoms with E-state index in [1.165, 1.54) is 0 Å². The molecule has 0 N–H and O–H groups in total. The number of rotatable bonds is 3. The number of nitrogens with zero attached hydrogens (tertiary/aromatic N) is 2. The maximum Gasteiger partial charge on any atom is 0.241 e. The lowest BCUT2D eigenvalue weighted by atomic mass is 10.00. The maximum absolute atomic E-state index is 12.8. The second-order valence-electron chi connectivity index (χ2n) is 6.84. The van der Waals surface area contributed by atoms with Gasteiger partial charge in [-0.15, -0.1) is 0 Å². The van der Waals surface area contributed by atoms with Crippen molar-refractivity contribution in [3.05, 3.63) is 28.8 Å². The molecule has 2 saturated heterocycles. The molecule has 0 aromatic heterocycles. The SMILES string of the molecule is CC[C@H](C)N1CC(=O)N(c2ccc(C)c(Cl)c2)[C@@H]2CS(=O)(=O)C[C@@H]21. The first-order chi connectivity index (χ1) is 11.2. The standard InChI is InChI=1S/C17H23ClN2O3S/c1-4-12(3)19-8-17(21)20(13-6-5-11(2)14(18)7-13)16-10-24(22,23)9-15(16)19/h5-7,12,15-16H,4,8-10H2,1-3H3/t12-,15-,16+/m0/s1. The smallest absolute Gasteiger partial charge is 0.241 e. The Hall–Kier alpha value is -1.11. The zero-order valence-corrected chi connectivity index (χ0v) is 15.8. The first kappa shape index (κ1) is 17.7. The van der Waals surface area contributed by atoms with Crippen LogP contribution in [0.15, 0.2) is 18.2 Å². The molecular weight excluding hydrogens is 348 g/mol. The van der Waals surface area contributed by atoms with Crippen molar-refractivity contribution in [2.45, 2.75) is 45.3 Å². The summed E-state index contributed by atoms with van der Waals surface area (Å²) in [6.07, 6.45) is 0.882. The van der Waals surface area contributed by atoms with Gasteiger partial charge in [0.2, 0.25) is 5.91 Å². The van der Waals surface area contributed by atoms with Crippen molar-refractivity contribution in [2.75, 3.05) is 23.0 Å². The second kappa shape index (κ2) is 6.32. The summed E-state index contributed by atoms with van der Waals surface area (Å²) in [6.45, 7) is 6.25. The molecule has 1 amide bonds. The topological polar surface area (TPSA) is 57.7 Å². The molecule has 2 heterocycles. The lowest BCUT2D eigenvalue weighted by Crippen LogP contribution is -2.63. The van der Waals surface area contributed by atoms with E-state index >= 15 is 0 Å². The van der Waals surface area contributed by atoms with E-state index in [9.17, 15) is 13.2 Å². The van der Waals surface area contributed by atoms with Crippen molar-refractivity contribution in [3.8, 4) is 0 Å². The fourth-order valence-electron chi connectivity index (χ4n) is 3.69. The Kier molecular flexibility index (Phi) is 4.66. The summed E-state index contributed by atoms with van der Waals surface area (Å²) < 4.78 is 24.5. The third-order valence-corrected chi connectivity index (χ3v) is 7.33. The molecule has 24 heavy (non-hydrogen) atoms. The first-order valence-electron chi connectivity index (χ1n) is 8.28. The molecule has 3 rings (SSSR count). The molecule has 2 fully saturated rings. The molecule has 0 saturated carbocycles. The van der Waals surface area contributed by atoms with Crippen molar-refractivity contribution in [3.63, 3.8) is 0 Å². The average Bonchev–Trinajstić information content (AvgIpc) is 2.83. The molecule has 1 aromatic carbocycles. The molecule has 1 aromatic rings. The Bertz CT molecular complexity index is 765. The van der Waals surface area contributed by atoms with Gasteiger partial charge < -0.3 is 4.90 Å². The minimum atomic E-state index is -3.15. The Morgan fingerprint density at radius 2 is 1.96 bits per heavy atom. The fourth-order valence-corrected chi connectivity index (χ4v) is 5.83. The number of carbonyl (C=O) groups is 1. The van der Waals surface area contributed by atoms with Crippen LogP contribution >= 0.6 is 11.6 Å². The lowest BCUT2D eigenvalue weighted by Gasteiger charge is -2.45. The number of sulfone groups is 1. The van der Waals surface area contributed by atoms with Gasteiger partial charge in [-0.05, 0) is 38.0 Å². The largest absolute Gasteiger partial charge is 0.306 e. The van der Waals surface area contributed by atoms with Crippen LogP contribution in [-0.2, 0) is 14.6 Å². The van der Waals surface area contributed by atoms with Crippen LogP contribution in [-0.4, -0.2) is 55.4 Å². The summed E-state index contributed by atoms with van der Waals surface area (Å²) in [5.74, 6) is 0.0706. The lowest BCUT2D eigenvalue weighted by molar-refractivity contribution is -0.124. The Labute approximate surface area is 148 Å². The van der Waals surface area contributed by atoms with Crippen LogP contribution in [0.2, 0.25) is 5.02 Å². The maximum atomic E-state index is 12.8. The number of benzene rings is 1. The number of carbonyl (C=O) groups excluding carboxylic acids is 1. The molecule has 0 unspecified atom stereocenters. The highest BCUT2D eigenvalue weighted by atomic mass is 35.5. The van der Waals surface area contributed by atoms with E-state index in [1.807, 2.05) is 26.0 Å². The summed E-state index contributed by atoms with van der Waals surface area (Å²) in [7, 11) is -3.15. The molecule has 0 aliphatic carbocycles. The minimum absolute atomic E-state index is 0.0157. The van der Waals surface area contributed by atoms with Crippen molar-refractivity contribution < 1.29 is 13.2 Å². The van der Waals surface area contributed by atoms with Crippen molar-refractivity contribution in [1.82, 2.24) is 4.90 Å². The fraction of sp³-hybridized carbons (Fsp3) is 0.588. The van der Waals surface area contributed by atoms with Crippen LogP contribution in [0.5, 0.6) is 0 Å². The van der Waals surface area contributed by atoms with E-state index in [0.29, 0.717) is 10.7 Å². The zero-order chi connectivity index (χ0) is 17.6. The van der Waals surface area contributed by atoms with Crippen LogP contribution in [0, 0.1) is 6.92 Å². The van der Waals surface area contributed by atoms with E-state index in [-0.39, 0.29) is 42.1 Å². The molecule has 5 nitrogen and oxygen atoms in total. The predicted molar refractivity (Wildman–Crippen MR) is 96.4 cm³/mol. The summed E-state index contributed by atoms with van der Waals surface area (Å²) in [4.78, 5) is 16.5. The summed E-state index contributed by atoms with van der Waals surface area (Å²) in [6, 6.07) is 5.16. The number of fused-ring (bicyclic) bond motifs is 1. The molecular formula is C17H23ClN2O3S. The minimum Gasteiger partial charge on any atom is -0.306 e. The number of piperazine rings is 1. The number of anilines is 1. The van der Waals surface area contributed by atoms with E-state index in [2.05, 4.69) is 11.8 Å². The number of hydrogen-bond acceptors (Lipinski definition) is 4. The molecule has 2 aliphatic rings. The third-order valence-electron chi connectivity index (χ3n) is 5.23. The van der Waals surface area contributed by atoms with Crippen molar-refractivity contribution >= 4 is 33.0 Å². The van der Waals surface area contributed by atoms with Crippen LogP contribution in [0.4, 0.5) is 5.69 Å². The summed E-state index contributed by atoms with van der Waals surface area (Å²) >= 11 is 6.21. The first-order valence-corrected chi connectivity index (χ1v) is 10.5. The normalized spacial score (nSPS) is 28.0. The highest BCUT2D eigenvalue weighted by molar-refractivity contribution is 7.91. The van der Waals surface area contributed by atoms with Gasteiger partial charge in [0.1, 0.15) is 0 Å². The zero-order valence-electron chi connectivity index (χ0n) is 14.2. The molecule has 7 heteroatoms. The monoisotopic (exact) mass is 370 g/mol. The Morgan fingerprint density at radius 1 is 1.29 bits per heavy atom. The van der Waals surface area contributed by atoms with Gasteiger partial charge in [0.25, 0.3) is 0 Å². The average molecular weight is 371 g/mol. The number of aryl methyl sites for hydroxylation is 1. The predicted octanol–water partition coefficient (Wildman–Crippen LogP) is 2.26. The van der Waals surface area contributed by atoms with Gasteiger partial charge in [-0.2, -0.15) is 0 Å². The van der Waals surface area contributed by atoms with E-state index in [0.717, 1.165) is 12.0 Å². The number of hydrogen-bond donors (Lipinski definition) is 0. The Morgan fingerprint density at radius 3 is 2.58 bits per heavy atom. The van der Waals surface area contributed by atoms with Gasteiger partial charge in [-0.25, -0.2) is 8.42 Å². The summed E-state index contributed by atoms with van der Waals surface area (Å²) in [5.41, 5.74) is 1.62. The number of amides is 1.